The van der Waals surface area contributed by atoms with Gasteiger partial charge >= 0.3 is 0 Å². The molecule has 0 saturated heterocycles. The zero-order valence-electron chi connectivity index (χ0n) is 8.12. The van der Waals surface area contributed by atoms with Crippen molar-refractivity contribution in [3.8, 4) is 0 Å². The molecule has 13 heavy (non-hydrogen) atoms. The van der Waals surface area contributed by atoms with E-state index < -0.39 is 0 Å². The quantitative estimate of drug-likeness (QED) is 0.529. The molecule has 0 aliphatic heterocycles. The van der Waals surface area contributed by atoms with Crippen molar-refractivity contribution in [2.45, 2.75) is 0 Å². The van der Waals surface area contributed by atoms with Crippen molar-refractivity contribution in [1.82, 2.24) is 4.98 Å². The minimum Gasteiger partial charge on any atom is -0.355 e. The summed E-state index contributed by atoms with van der Waals surface area (Å²) in [5.41, 5.74) is 2.42. The third-order valence-electron chi connectivity index (χ3n) is 2.41. The molecule has 0 saturated carbocycles. The third-order valence-corrected chi connectivity index (χ3v) is 2.41. The first kappa shape index (κ1) is 6.72. The van der Waals surface area contributed by atoms with Crippen LogP contribution in [0.15, 0.2) is 48.5 Å². The molecule has 2 aromatic carbocycles. The van der Waals surface area contributed by atoms with Crippen LogP contribution >= 0.6 is 0 Å². The number of aromatic amines is 1. The van der Waals surface area contributed by atoms with Gasteiger partial charge in [-0.25, -0.2) is 0 Å². The van der Waals surface area contributed by atoms with Crippen LogP contribution in [-0.2, 0) is 0 Å². The summed E-state index contributed by atoms with van der Waals surface area (Å²) in [5.74, 6) is 0. The summed E-state index contributed by atoms with van der Waals surface area (Å²) in [4.78, 5) is 3.38. The lowest BCUT2D eigenvalue weighted by molar-refractivity contribution is 1.55. The number of fused-ring (bicyclic) bond motifs is 3. The zero-order valence-corrected chi connectivity index (χ0v) is 7.12. The first-order chi connectivity index (χ1) is 6.45. The molecule has 3 aromatic rings. The molecule has 0 amide bonds. The highest BCUT2D eigenvalue weighted by atomic mass is 14.7. The van der Waals surface area contributed by atoms with Gasteiger partial charge in [-0.1, -0.05) is 36.4 Å². The topological polar surface area (TPSA) is 15.8 Å². The highest BCUT2D eigenvalue weighted by Crippen LogP contribution is 2.24. The number of para-hydroxylation sites is 2. The van der Waals surface area contributed by atoms with Crippen LogP contribution in [-0.4, -0.2) is 4.98 Å². The monoisotopic (exact) mass is 168 g/mol. The maximum Gasteiger partial charge on any atom is 0.0464 e. The van der Waals surface area contributed by atoms with E-state index >= 15 is 0 Å². The molecule has 0 unspecified atom stereocenters. The fourth-order valence-electron chi connectivity index (χ4n) is 1.80. The first-order valence-corrected chi connectivity index (χ1v) is 4.40. The standard InChI is InChI=1S/C12H9N.H/c1-3-7-11-9(5-1)10-6-2-4-8-12(10)13-11;/h1-8,13H;. The van der Waals surface area contributed by atoms with Crippen molar-refractivity contribution in [2.24, 2.45) is 0 Å². The smallest absolute Gasteiger partial charge is 0.0464 e. The molecule has 63 valence electrons. The molecule has 1 radical (unpaired) electrons. The Hall–Kier alpha value is -1.76. The van der Waals surface area contributed by atoms with Crippen molar-refractivity contribution < 1.29 is 1.43 Å². The molecule has 0 fully saturated rings. The number of H-pyrrole nitrogens is 1. The molecule has 1 heteroatoms. The van der Waals surface area contributed by atoms with Gasteiger partial charge < -0.3 is 4.98 Å². The summed E-state index contributed by atoms with van der Waals surface area (Å²) in [5, 5.41) is 2.61. The summed E-state index contributed by atoms with van der Waals surface area (Å²) in [6.07, 6.45) is 0. The van der Waals surface area contributed by atoms with Crippen LogP contribution in [0.2, 0.25) is 0 Å². The minimum absolute atomic E-state index is 0. The Morgan fingerprint density at radius 1 is 0.692 bits per heavy atom. The average Bonchev–Trinajstić information content (AvgIpc) is 2.56. The maximum absolute atomic E-state index is 3.38. The Labute approximate surface area is 77.5 Å². The molecule has 0 aliphatic carbocycles. The van der Waals surface area contributed by atoms with Crippen LogP contribution in [0.5, 0.6) is 0 Å². The summed E-state index contributed by atoms with van der Waals surface area (Å²) >= 11 is 0. The van der Waals surface area contributed by atoms with Crippen LogP contribution in [0.1, 0.15) is 1.43 Å². The molecule has 1 aromatic heterocycles. The number of aromatic nitrogens is 1. The predicted octanol–water partition coefficient (Wildman–Crippen LogP) is 3.43. The molecule has 3 rings (SSSR count). The molecular weight excluding hydrogens is 158 g/mol. The Bertz CT molecular complexity index is 518. The second-order valence-electron chi connectivity index (χ2n) is 3.22. The highest BCUT2D eigenvalue weighted by molar-refractivity contribution is 6.06. The summed E-state index contributed by atoms with van der Waals surface area (Å²) in [6.45, 7) is 0. The summed E-state index contributed by atoms with van der Waals surface area (Å²) < 4.78 is 0. The van der Waals surface area contributed by atoms with Crippen LogP contribution in [0.4, 0.5) is 0 Å². The number of rotatable bonds is 0. The van der Waals surface area contributed by atoms with E-state index in [-0.39, 0.29) is 1.43 Å². The van der Waals surface area contributed by atoms with Crippen molar-refractivity contribution in [2.75, 3.05) is 0 Å². The van der Waals surface area contributed by atoms with Gasteiger partial charge in [0.1, 0.15) is 0 Å². The van der Waals surface area contributed by atoms with E-state index in [4.69, 9.17) is 0 Å². The second kappa shape index (κ2) is 2.36. The Kier molecular flexibility index (Phi) is 1.22. The Morgan fingerprint density at radius 3 is 1.69 bits per heavy atom. The molecule has 0 bridgehead atoms. The maximum atomic E-state index is 3.38. The highest BCUT2D eigenvalue weighted by Gasteiger charge is 2.00. The second-order valence-corrected chi connectivity index (χ2v) is 3.22. The van der Waals surface area contributed by atoms with Crippen molar-refractivity contribution in [1.29, 1.82) is 0 Å². The lowest BCUT2D eigenvalue weighted by atomic mass is 10.2. The average molecular weight is 168 g/mol. The molecule has 1 heterocycles. The lowest BCUT2D eigenvalue weighted by Gasteiger charge is -1.87. The van der Waals surface area contributed by atoms with E-state index in [1.54, 1.807) is 0 Å². The Morgan fingerprint density at radius 2 is 1.15 bits per heavy atom. The molecule has 0 aliphatic rings. The van der Waals surface area contributed by atoms with Crippen molar-refractivity contribution in [3.05, 3.63) is 48.5 Å². The van der Waals surface area contributed by atoms with Gasteiger partial charge in [0.15, 0.2) is 0 Å². The van der Waals surface area contributed by atoms with Gasteiger partial charge in [0.25, 0.3) is 0 Å². The fraction of sp³-hybridized carbons (Fsp3) is 0. The largest absolute Gasteiger partial charge is 0.355 e. The SMILES string of the molecule is [H].c1ccc2c(c1)[nH]c1ccccc12. The van der Waals surface area contributed by atoms with E-state index in [9.17, 15) is 0 Å². The van der Waals surface area contributed by atoms with E-state index in [0.717, 1.165) is 0 Å². The van der Waals surface area contributed by atoms with Crippen molar-refractivity contribution >= 4 is 21.8 Å². The van der Waals surface area contributed by atoms with Gasteiger partial charge in [0, 0.05) is 23.2 Å². The van der Waals surface area contributed by atoms with E-state index in [1.807, 2.05) is 0 Å². The Balaban J connectivity index is 0.000000750. The van der Waals surface area contributed by atoms with E-state index in [1.165, 1.54) is 21.8 Å². The van der Waals surface area contributed by atoms with Gasteiger partial charge in [-0.05, 0) is 12.1 Å². The van der Waals surface area contributed by atoms with E-state index in [0.29, 0.717) is 0 Å². The number of nitrogens with one attached hydrogen (secondary N) is 1. The molecule has 1 N–H and O–H groups in total. The zero-order chi connectivity index (χ0) is 8.67. The van der Waals surface area contributed by atoms with Crippen LogP contribution in [0.3, 0.4) is 0 Å². The van der Waals surface area contributed by atoms with Crippen LogP contribution in [0, 0.1) is 0 Å². The molecular formula is C12H10N. The van der Waals surface area contributed by atoms with Crippen LogP contribution in [0.25, 0.3) is 21.8 Å². The molecule has 0 spiro atoms. The fourth-order valence-corrected chi connectivity index (χ4v) is 1.80. The number of hydrogen-bond donors (Lipinski definition) is 1. The summed E-state index contributed by atoms with van der Waals surface area (Å²) in [6, 6.07) is 16.8. The van der Waals surface area contributed by atoms with E-state index in [2.05, 4.69) is 53.5 Å². The van der Waals surface area contributed by atoms with Crippen LogP contribution < -0.4 is 0 Å². The van der Waals surface area contributed by atoms with Gasteiger partial charge in [-0.15, -0.1) is 0 Å². The van der Waals surface area contributed by atoms with Gasteiger partial charge in [-0.2, -0.15) is 0 Å². The summed E-state index contributed by atoms with van der Waals surface area (Å²) in [7, 11) is 0. The molecule has 1 nitrogen and oxygen atoms in total. The van der Waals surface area contributed by atoms with Gasteiger partial charge in [-0.3, -0.25) is 0 Å². The van der Waals surface area contributed by atoms with Gasteiger partial charge in [0.2, 0.25) is 0 Å². The normalized spacial score (nSPS) is 11.1. The lowest BCUT2D eigenvalue weighted by Crippen LogP contribution is -1.62. The predicted molar refractivity (Wildman–Crippen MR) is 56.9 cm³/mol. The third kappa shape index (κ3) is 0.872. The number of benzene rings is 2. The minimum atomic E-state index is 0. The van der Waals surface area contributed by atoms with Crippen molar-refractivity contribution in [3.63, 3.8) is 0 Å². The number of hydrogen-bond acceptors (Lipinski definition) is 0. The van der Waals surface area contributed by atoms with Gasteiger partial charge in [0.05, 0.1) is 0 Å². The molecule has 0 atom stereocenters. The first-order valence-electron chi connectivity index (χ1n) is 4.40.